The van der Waals surface area contributed by atoms with Crippen LogP contribution < -0.4 is 19.5 Å². The first-order chi connectivity index (χ1) is 13.8. The topological polar surface area (TPSA) is 114 Å². The van der Waals surface area contributed by atoms with Gasteiger partial charge in [-0.15, -0.1) is 0 Å². The molecule has 1 unspecified atom stereocenters. The highest BCUT2D eigenvalue weighted by Gasteiger charge is 2.18. The van der Waals surface area contributed by atoms with E-state index in [4.69, 9.17) is 30.9 Å². The molecule has 0 radical (unpaired) electrons. The molecule has 2 aromatic carbocycles. The van der Waals surface area contributed by atoms with Gasteiger partial charge in [0.2, 0.25) is 5.91 Å². The predicted octanol–water partition coefficient (Wildman–Crippen LogP) is 3.52. The van der Waals surface area contributed by atoms with Crippen LogP contribution in [0.4, 0.5) is 5.69 Å². The second kappa shape index (κ2) is 9.99. The quantitative estimate of drug-likeness (QED) is 0.565. The molecule has 2 aromatic rings. The molecule has 1 amide bonds. The summed E-state index contributed by atoms with van der Waals surface area (Å²) in [6.45, 7) is 0. The summed E-state index contributed by atoms with van der Waals surface area (Å²) in [6, 6.07) is 7.56. The molecule has 0 saturated carbocycles. The van der Waals surface area contributed by atoms with Crippen molar-refractivity contribution in [3.8, 4) is 17.2 Å². The summed E-state index contributed by atoms with van der Waals surface area (Å²) in [5, 5.41) is 22.2. The van der Waals surface area contributed by atoms with Gasteiger partial charge in [0.05, 0.1) is 38.1 Å². The first-order valence-electron chi connectivity index (χ1n) is 8.61. The average Bonchev–Trinajstić information content (AvgIpc) is 2.72. The average molecular weight is 424 g/mol. The van der Waals surface area contributed by atoms with Crippen LogP contribution >= 0.6 is 11.6 Å². The molecule has 0 saturated heterocycles. The van der Waals surface area contributed by atoms with Gasteiger partial charge in [0, 0.05) is 24.1 Å². The smallest absolute Gasteiger partial charge is 0.339 e. The Bertz CT molecular complexity index is 901. The van der Waals surface area contributed by atoms with Crippen molar-refractivity contribution in [3.63, 3.8) is 0 Å². The van der Waals surface area contributed by atoms with E-state index in [0.717, 1.165) is 0 Å². The van der Waals surface area contributed by atoms with Gasteiger partial charge in [0.15, 0.2) is 0 Å². The van der Waals surface area contributed by atoms with Gasteiger partial charge in [-0.25, -0.2) is 4.79 Å². The van der Waals surface area contributed by atoms with Gasteiger partial charge in [0.25, 0.3) is 0 Å². The molecule has 0 aromatic heterocycles. The number of aliphatic hydroxyl groups excluding tert-OH is 1. The number of carboxylic acids is 1. The number of anilines is 1. The number of benzene rings is 2. The zero-order chi connectivity index (χ0) is 21.6. The van der Waals surface area contributed by atoms with Crippen LogP contribution in [0.3, 0.4) is 0 Å². The monoisotopic (exact) mass is 423 g/mol. The minimum absolute atomic E-state index is 0.00429. The molecule has 2 rings (SSSR count). The van der Waals surface area contributed by atoms with Gasteiger partial charge in [-0.2, -0.15) is 0 Å². The normalized spacial score (nSPS) is 11.5. The molecule has 3 N–H and O–H groups in total. The highest BCUT2D eigenvalue weighted by atomic mass is 35.5. The number of carbonyl (C=O) groups excluding carboxylic acids is 1. The molecule has 0 heterocycles. The summed E-state index contributed by atoms with van der Waals surface area (Å²) < 4.78 is 15.4. The fourth-order valence-electron chi connectivity index (χ4n) is 2.71. The summed E-state index contributed by atoms with van der Waals surface area (Å²) in [5.41, 5.74) is 0.638. The van der Waals surface area contributed by atoms with Crippen LogP contribution in [0.25, 0.3) is 0 Å². The van der Waals surface area contributed by atoms with Crippen LogP contribution in [0.5, 0.6) is 17.2 Å². The highest BCUT2D eigenvalue weighted by Crippen LogP contribution is 2.33. The lowest BCUT2D eigenvalue weighted by Gasteiger charge is -2.16. The molecule has 0 fully saturated rings. The fraction of sp³-hybridized carbons (Fsp3) is 0.300. The van der Waals surface area contributed by atoms with E-state index >= 15 is 0 Å². The number of nitrogens with one attached hydrogen (secondary N) is 1. The maximum absolute atomic E-state index is 12.3. The molecule has 9 heteroatoms. The molecule has 0 aliphatic heterocycles. The van der Waals surface area contributed by atoms with Crippen LogP contribution in [0, 0.1) is 0 Å². The zero-order valence-electron chi connectivity index (χ0n) is 16.2. The van der Waals surface area contributed by atoms with Crippen molar-refractivity contribution in [3.05, 3.63) is 46.5 Å². The first kappa shape index (κ1) is 22.3. The number of methoxy groups -OCH3 is 3. The Labute approximate surface area is 173 Å². The SMILES string of the molecule is COc1ccc(C(O)CCC(=O)Nc2cc(OC)c(C(=O)O)cc2Cl)c(OC)c1. The van der Waals surface area contributed by atoms with E-state index in [1.54, 1.807) is 18.2 Å². The molecule has 0 spiro atoms. The van der Waals surface area contributed by atoms with Gasteiger partial charge in [-0.1, -0.05) is 11.6 Å². The number of hydrogen-bond donors (Lipinski definition) is 3. The van der Waals surface area contributed by atoms with Gasteiger partial charge < -0.3 is 29.7 Å². The van der Waals surface area contributed by atoms with Gasteiger partial charge in [-0.3, -0.25) is 4.79 Å². The summed E-state index contributed by atoms with van der Waals surface area (Å²) in [4.78, 5) is 23.5. The number of carboxylic acid groups (broad SMARTS) is 1. The van der Waals surface area contributed by atoms with Crippen molar-refractivity contribution in [2.24, 2.45) is 0 Å². The molecular weight excluding hydrogens is 402 g/mol. The fourth-order valence-corrected chi connectivity index (χ4v) is 2.93. The van der Waals surface area contributed by atoms with E-state index in [1.807, 2.05) is 0 Å². The molecule has 0 aliphatic rings. The van der Waals surface area contributed by atoms with Crippen molar-refractivity contribution < 1.29 is 34.0 Å². The number of aromatic carboxylic acids is 1. The lowest BCUT2D eigenvalue weighted by molar-refractivity contribution is -0.116. The third-order valence-corrected chi connectivity index (χ3v) is 4.55. The Hall–Kier alpha value is -2.97. The van der Waals surface area contributed by atoms with E-state index in [9.17, 15) is 14.7 Å². The third kappa shape index (κ3) is 5.52. The maximum atomic E-state index is 12.3. The Morgan fingerprint density at radius 1 is 1.07 bits per heavy atom. The molecule has 0 bridgehead atoms. The van der Waals surface area contributed by atoms with Gasteiger partial charge in [-0.05, 0) is 24.6 Å². The number of hydrogen-bond acceptors (Lipinski definition) is 6. The van der Waals surface area contributed by atoms with Crippen LogP contribution in [-0.4, -0.2) is 43.4 Å². The minimum atomic E-state index is -1.20. The summed E-state index contributed by atoms with van der Waals surface area (Å²) in [6.07, 6.45) is -0.799. The number of halogens is 1. The van der Waals surface area contributed by atoms with E-state index in [-0.39, 0.29) is 34.9 Å². The maximum Gasteiger partial charge on any atom is 0.339 e. The van der Waals surface area contributed by atoms with Crippen molar-refractivity contribution >= 4 is 29.2 Å². The van der Waals surface area contributed by atoms with E-state index in [0.29, 0.717) is 17.1 Å². The Morgan fingerprint density at radius 3 is 2.34 bits per heavy atom. The Balaban J connectivity index is 2.06. The zero-order valence-corrected chi connectivity index (χ0v) is 16.9. The van der Waals surface area contributed by atoms with Crippen molar-refractivity contribution in [1.29, 1.82) is 0 Å². The lowest BCUT2D eigenvalue weighted by Crippen LogP contribution is -2.14. The van der Waals surface area contributed by atoms with Crippen molar-refractivity contribution in [2.45, 2.75) is 18.9 Å². The van der Waals surface area contributed by atoms with Gasteiger partial charge in [0.1, 0.15) is 22.8 Å². The first-order valence-corrected chi connectivity index (χ1v) is 8.99. The third-order valence-electron chi connectivity index (χ3n) is 4.24. The minimum Gasteiger partial charge on any atom is -0.497 e. The molecule has 0 aliphatic carbocycles. The number of carbonyl (C=O) groups is 2. The molecule has 29 heavy (non-hydrogen) atoms. The van der Waals surface area contributed by atoms with E-state index in [2.05, 4.69) is 5.32 Å². The predicted molar refractivity (Wildman–Crippen MR) is 107 cm³/mol. The Morgan fingerprint density at radius 2 is 1.76 bits per heavy atom. The van der Waals surface area contributed by atoms with Crippen LogP contribution in [-0.2, 0) is 4.79 Å². The molecule has 1 atom stereocenters. The van der Waals surface area contributed by atoms with Crippen LogP contribution in [0.1, 0.15) is 34.9 Å². The second-order valence-electron chi connectivity index (χ2n) is 6.05. The molecule has 8 nitrogen and oxygen atoms in total. The summed E-state index contributed by atoms with van der Waals surface area (Å²) in [7, 11) is 4.33. The largest absolute Gasteiger partial charge is 0.497 e. The number of ether oxygens (including phenoxy) is 3. The lowest BCUT2D eigenvalue weighted by atomic mass is 10.0. The standard InChI is InChI=1S/C20H22ClNO7/c1-27-11-4-5-12(17(8-11)28-2)16(23)6-7-19(24)22-15-10-18(29-3)13(20(25)26)9-14(15)21/h4-5,8-10,16,23H,6-7H2,1-3H3,(H,22,24)(H,25,26). The Kier molecular flexibility index (Phi) is 7.69. The highest BCUT2D eigenvalue weighted by molar-refractivity contribution is 6.34. The summed E-state index contributed by atoms with van der Waals surface area (Å²) >= 11 is 6.06. The van der Waals surface area contributed by atoms with Crippen molar-refractivity contribution in [2.75, 3.05) is 26.6 Å². The van der Waals surface area contributed by atoms with Crippen molar-refractivity contribution in [1.82, 2.24) is 0 Å². The number of rotatable bonds is 9. The van der Waals surface area contributed by atoms with Crippen LogP contribution in [0.15, 0.2) is 30.3 Å². The number of amides is 1. The van der Waals surface area contributed by atoms with E-state index < -0.39 is 18.0 Å². The number of aliphatic hydroxyl groups is 1. The summed E-state index contributed by atoms with van der Waals surface area (Å²) in [5.74, 6) is -0.486. The van der Waals surface area contributed by atoms with Crippen LogP contribution in [0.2, 0.25) is 5.02 Å². The molecular formula is C20H22ClNO7. The van der Waals surface area contributed by atoms with Gasteiger partial charge >= 0.3 is 5.97 Å². The molecule has 156 valence electrons. The second-order valence-corrected chi connectivity index (χ2v) is 6.46. The van der Waals surface area contributed by atoms with E-state index in [1.165, 1.54) is 33.5 Å².